The lowest BCUT2D eigenvalue weighted by Gasteiger charge is -2.32. The van der Waals surface area contributed by atoms with Crippen LogP contribution in [-0.4, -0.2) is 37.8 Å². The highest BCUT2D eigenvalue weighted by molar-refractivity contribution is 7.89. The van der Waals surface area contributed by atoms with Crippen molar-refractivity contribution in [3.63, 3.8) is 0 Å². The third-order valence-corrected chi connectivity index (χ3v) is 6.96. The fourth-order valence-electron chi connectivity index (χ4n) is 3.05. The fourth-order valence-corrected chi connectivity index (χ4v) is 5.32. The summed E-state index contributed by atoms with van der Waals surface area (Å²) in [5, 5.41) is 3.42. The molecule has 1 aromatic carbocycles. The number of carbonyl (C=O) groups is 1. The van der Waals surface area contributed by atoms with E-state index in [-0.39, 0.29) is 34.3 Å². The Morgan fingerprint density at radius 2 is 2.12 bits per heavy atom. The van der Waals surface area contributed by atoms with Gasteiger partial charge in [0.05, 0.1) is 10.9 Å². The molecule has 1 fully saturated rings. The molecule has 2 atom stereocenters. The van der Waals surface area contributed by atoms with E-state index in [0.29, 0.717) is 24.4 Å². The lowest BCUT2D eigenvalue weighted by molar-refractivity contribution is -0.126. The molecule has 25 heavy (non-hydrogen) atoms. The van der Waals surface area contributed by atoms with Crippen molar-refractivity contribution < 1.29 is 13.2 Å². The average molecular weight is 407 g/mol. The van der Waals surface area contributed by atoms with Gasteiger partial charge in [-0.05, 0) is 44.4 Å². The van der Waals surface area contributed by atoms with Crippen LogP contribution in [0.4, 0.5) is 0 Å². The molecule has 0 spiro atoms. The van der Waals surface area contributed by atoms with Gasteiger partial charge in [0.1, 0.15) is 4.90 Å². The van der Waals surface area contributed by atoms with Crippen molar-refractivity contribution in [2.24, 2.45) is 5.92 Å². The number of benzene rings is 1. The molecule has 0 saturated carbocycles. The van der Waals surface area contributed by atoms with E-state index in [2.05, 4.69) is 12.2 Å². The lowest BCUT2D eigenvalue weighted by atomic mass is 9.98. The van der Waals surface area contributed by atoms with E-state index >= 15 is 0 Å². The van der Waals surface area contributed by atoms with Crippen molar-refractivity contribution in [3.8, 4) is 0 Å². The number of amides is 1. The Morgan fingerprint density at radius 3 is 2.80 bits per heavy atom. The SMILES string of the molecule is CCC[C@@H](C)NC(=O)[C@@H]1CCCN(S(=O)(=O)c2cc(Cl)ccc2Cl)C1. The minimum Gasteiger partial charge on any atom is -0.353 e. The summed E-state index contributed by atoms with van der Waals surface area (Å²) in [6.07, 6.45) is 3.20. The van der Waals surface area contributed by atoms with E-state index < -0.39 is 10.0 Å². The molecule has 1 aliphatic heterocycles. The van der Waals surface area contributed by atoms with Crippen molar-refractivity contribution in [1.82, 2.24) is 9.62 Å². The minimum atomic E-state index is -3.78. The van der Waals surface area contributed by atoms with E-state index in [1.54, 1.807) is 6.07 Å². The number of nitrogens with one attached hydrogen (secondary N) is 1. The van der Waals surface area contributed by atoms with Crippen molar-refractivity contribution in [1.29, 1.82) is 0 Å². The zero-order valence-electron chi connectivity index (χ0n) is 14.5. The molecule has 0 unspecified atom stereocenters. The normalized spacial score (nSPS) is 20.2. The third-order valence-electron chi connectivity index (χ3n) is 4.38. The molecule has 1 amide bonds. The molecule has 0 radical (unpaired) electrons. The predicted octanol–water partition coefficient (Wildman–Crippen LogP) is 3.70. The summed E-state index contributed by atoms with van der Waals surface area (Å²) in [4.78, 5) is 12.4. The molecule has 5 nitrogen and oxygen atoms in total. The van der Waals surface area contributed by atoms with Gasteiger partial charge in [-0.15, -0.1) is 0 Å². The lowest BCUT2D eigenvalue weighted by Crippen LogP contribution is -2.47. The topological polar surface area (TPSA) is 66.5 Å². The first kappa shape index (κ1) is 20.5. The first-order chi connectivity index (χ1) is 11.8. The van der Waals surface area contributed by atoms with Gasteiger partial charge in [0.2, 0.25) is 15.9 Å². The highest BCUT2D eigenvalue weighted by Crippen LogP contribution is 2.30. The van der Waals surface area contributed by atoms with Crippen LogP contribution in [0.15, 0.2) is 23.1 Å². The number of rotatable bonds is 6. The first-order valence-corrected chi connectivity index (χ1v) is 10.7. The number of hydrogen-bond donors (Lipinski definition) is 1. The van der Waals surface area contributed by atoms with Gasteiger partial charge < -0.3 is 5.32 Å². The molecule has 8 heteroatoms. The molecule has 0 aliphatic carbocycles. The fraction of sp³-hybridized carbons (Fsp3) is 0.588. The Hall–Kier alpha value is -0.820. The summed E-state index contributed by atoms with van der Waals surface area (Å²) in [6.45, 7) is 4.56. The number of piperidine rings is 1. The summed E-state index contributed by atoms with van der Waals surface area (Å²) in [7, 11) is -3.78. The van der Waals surface area contributed by atoms with Crippen LogP contribution in [0.1, 0.15) is 39.5 Å². The van der Waals surface area contributed by atoms with Crippen LogP contribution in [0.5, 0.6) is 0 Å². The van der Waals surface area contributed by atoms with Crippen LogP contribution in [0, 0.1) is 5.92 Å². The Balaban J connectivity index is 2.14. The molecule has 0 aromatic heterocycles. The van der Waals surface area contributed by atoms with Crippen LogP contribution in [-0.2, 0) is 14.8 Å². The average Bonchev–Trinajstić information content (AvgIpc) is 2.57. The second kappa shape index (κ2) is 8.71. The van der Waals surface area contributed by atoms with Gasteiger partial charge in [0.15, 0.2) is 0 Å². The van der Waals surface area contributed by atoms with Gasteiger partial charge in [0, 0.05) is 24.2 Å². The maximum absolute atomic E-state index is 12.9. The van der Waals surface area contributed by atoms with Gasteiger partial charge in [0.25, 0.3) is 0 Å². The van der Waals surface area contributed by atoms with Crippen LogP contribution < -0.4 is 5.32 Å². The maximum atomic E-state index is 12.9. The Morgan fingerprint density at radius 1 is 1.40 bits per heavy atom. The quantitative estimate of drug-likeness (QED) is 0.782. The van der Waals surface area contributed by atoms with Gasteiger partial charge in [-0.2, -0.15) is 4.31 Å². The maximum Gasteiger partial charge on any atom is 0.244 e. The molecule has 1 N–H and O–H groups in total. The largest absolute Gasteiger partial charge is 0.353 e. The van der Waals surface area contributed by atoms with E-state index in [0.717, 1.165) is 12.8 Å². The van der Waals surface area contributed by atoms with Crippen molar-refractivity contribution in [3.05, 3.63) is 28.2 Å². The minimum absolute atomic E-state index is 0.0120. The standard InChI is InChI=1S/C17H24Cl2N2O3S/c1-3-5-12(2)20-17(22)13-6-4-9-21(11-13)25(23,24)16-10-14(18)7-8-15(16)19/h7-8,10,12-13H,3-6,9,11H2,1-2H3,(H,20,22)/t12-,13-/m1/s1. The number of carbonyl (C=O) groups excluding carboxylic acids is 1. The van der Waals surface area contributed by atoms with Crippen molar-refractivity contribution >= 4 is 39.1 Å². The zero-order valence-corrected chi connectivity index (χ0v) is 16.8. The van der Waals surface area contributed by atoms with E-state index in [4.69, 9.17) is 23.2 Å². The predicted molar refractivity (Wildman–Crippen MR) is 100 cm³/mol. The highest BCUT2D eigenvalue weighted by atomic mass is 35.5. The molecule has 0 bridgehead atoms. The molecule has 1 aliphatic rings. The number of hydrogen-bond acceptors (Lipinski definition) is 3. The van der Waals surface area contributed by atoms with Gasteiger partial charge in [-0.3, -0.25) is 4.79 Å². The third kappa shape index (κ3) is 5.09. The second-order valence-corrected chi connectivity index (χ2v) is 9.23. The molecule has 1 heterocycles. The van der Waals surface area contributed by atoms with Gasteiger partial charge >= 0.3 is 0 Å². The summed E-state index contributed by atoms with van der Waals surface area (Å²) in [5.41, 5.74) is 0. The smallest absolute Gasteiger partial charge is 0.244 e. The van der Waals surface area contributed by atoms with Crippen LogP contribution >= 0.6 is 23.2 Å². The van der Waals surface area contributed by atoms with Crippen LogP contribution in [0.3, 0.4) is 0 Å². The molecule has 1 aromatic rings. The van der Waals surface area contributed by atoms with Crippen molar-refractivity contribution in [2.45, 2.75) is 50.5 Å². The van der Waals surface area contributed by atoms with Gasteiger partial charge in [-0.1, -0.05) is 36.5 Å². The molecule has 140 valence electrons. The molecule has 1 saturated heterocycles. The number of sulfonamides is 1. The van der Waals surface area contributed by atoms with Gasteiger partial charge in [-0.25, -0.2) is 8.42 Å². The second-order valence-electron chi connectivity index (χ2n) is 6.48. The Bertz CT molecular complexity index is 725. The van der Waals surface area contributed by atoms with E-state index in [1.165, 1.54) is 16.4 Å². The Labute approximate surface area is 159 Å². The van der Waals surface area contributed by atoms with E-state index in [9.17, 15) is 13.2 Å². The van der Waals surface area contributed by atoms with E-state index in [1.807, 2.05) is 6.92 Å². The number of nitrogens with zero attached hydrogens (tertiary/aromatic N) is 1. The molecular formula is C17H24Cl2N2O3S. The van der Waals surface area contributed by atoms with Crippen molar-refractivity contribution in [2.75, 3.05) is 13.1 Å². The van der Waals surface area contributed by atoms with Crippen LogP contribution in [0.25, 0.3) is 0 Å². The summed E-state index contributed by atoms with van der Waals surface area (Å²) < 4.78 is 27.1. The monoisotopic (exact) mass is 406 g/mol. The van der Waals surface area contributed by atoms with Crippen LogP contribution in [0.2, 0.25) is 10.0 Å². The number of halogens is 2. The first-order valence-electron chi connectivity index (χ1n) is 8.51. The zero-order chi connectivity index (χ0) is 18.6. The summed E-state index contributed by atoms with van der Waals surface area (Å²) in [6, 6.07) is 4.46. The molecular weight excluding hydrogens is 383 g/mol. The highest BCUT2D eigenvalue weighted by Gasteiger charge is 2.34. The Kier molecular flexibility index (Phi) is 7.14. The summed E-state index contributed by atoms with van der Waals surface area (Å²) in [5.74, 6) is -0.432. The summed E-state index contributed by atoms with van der Waals surface area (Å²) >= 11 is 12.0. The molecule has 2 rings (SSSR count).